The number of H-pyrrole nitrogens is 7. The summed E-state index contributed by atoms with van der Waals surface area (Å²) >= 11 is 0. The van der Waals surface area contributed by atoms with E-state index in [0.717, 1.165) is 226 Å². The predicted octanol–water partition coefficient (Wildman–Crippen LogP) is 1.38. The lowest BCUT2D eigenvalue weighted by atomic mass is 10.1. The number of likely N-dealkylation sites (tertiary alicyclic amines) is 1. The number of anilines is 5. The van der Waals surface area contributed by atoms with Gasteiger partial charge >= 0.3 is 39.8 Å². The Kier molecular flexibility index (Phi) is 29.5. The smallest absolute Gasteiger partial charge is 0.328 e. The van der Waals surface area contributed by atoms with E-state index in [1.807, 2.05) is 61.6 Å². The molecule has 0 unspecified atom stereocenters. The van der Waals surface area contributed by atoms with Gasteiger partial charge in [0.15, 0.2) is 0 Å². The fourth-order valence-corrected chi connectivity index (χ4v) is 16.7. The molecule has 0 aliphatic carbocycles. The van der Waals surface area contributed by atoms with Crippen LogP contribution < -0.4 is 105 Å². The van der Waals surface area contributed by atoms with Crippen LogP contribution in [0.25, 0.3) is 76.3 Å². The van der Waals surface area contributed by atoms with E-state index in [1.165, 1.54) is 75.3 Å². The third-order valence-electron chi connectivity index (χ3n) is 24.7. The zero-order valence-corrected chi connectivity index (χ0v) is 76.3. The molecule has 0 amide bonds. The van der Waals surface area contributed by atoms with Crippen molar-refractivity contribution in [1.82, 2.24) is 86.5 Å². The van der Waals surface area contributed by atoms with E-state index >= 15 is 0 Å². The molecule has 0 spiro atoms. The maximum atomic E-state index is 12.0. The Morgan fingerprint density at radius 2 is 0.711 bits per heavy atom. The monoisotopic (exact) mass is 1850 g/mol. The number of aromatic amines is 7. The molecule has 7 aromatic carbocycles. The van der Waals surface area contributed by atoms with Crippen molar-refractivity contribution >= 4 is 116 Å². The molecular weight excluding hydrogens is 1740 g/mol. The van der Waals surface area contributed by atoms with Gasteiger partial charge in [0.1, 0.15) is 12.4 Å². The van der Waals surface area contributed by atoms with Crippen LogP contribution in [0.2, 0.25) is 0 Å². The fourth-order valence-electron chi connectivity index (χ4n) is 16.7. The first-order valence-corrected chi connectivity index (χ1v) is 44.7. The molecule has 14 aromatic rings. The van der Waals surface area contributed by atoms with Crippen molar-refractivity contribution in [3.8, 4) is 0 Å². The molecule has 708 valence electrons. The standard InChI is InChI=1S/C16H22N4O3.C15H20N4O3.C15H20N4O2.C13H14N4O2.C12H11N3O3.2C11H11N3O2/c1-19-15(21)13-4-3-12(11-14(13)18-16(19)22)17-5-2-6-20-7-9-23-10-8-20;1-18-14(20)12-3-2-11(10-13(12)17-15(18)21)16-4-5-19-6-8-22-9-7-19;1-18-14(20)12-5-4-11(10-13(12)17-15(18)21)16-6-9-19-7-2-3-8-19;1-16-6-5-14-11(16)8-3-4-9-10(7-8)15-13(19)17(2)12(9)18;1-15-11(16)8-3-2-7(10-13-4-5-18-10)6-9(8)14-12(15)17;1-14-10(15)7-4-6-2-3-12-8(6)5-9(7)13-11(14)16;1-14-10(15)7-2-3-8-6(4-5-12-8)9(7)13-11(14)16/h3-4,11,17H,2,5-10H2,1H3,(H,18,22);2-3,10,16H,4-9H2,1H3,(H,17,21);4-5,10,16H,2-3,6-9H2,1H3,(H,17,21);3-4,7H,5-6H2,1-2H3,(H,15,19);2-3,6H,4-5H2,1H3,(H,14,17);4-5,12H,2-3H2,1H3,(H,13,16);2-3,12H,4-5H2,1H3,(H,13,16). The maximum Gasteiger partial charge on any atom is 0.328 e. The number of aliphatic imine (C=N–C) groups is 2. The van der Waals surface area contributed by atoms with E-state index in [1.54, 1.807) is 60.7 Å². The highest BCUT2D eigenvalue weighted by molar-refractivity contribution is 6.02. The highest BCUT2D eigenvalue weighted by Gasteiger charge is 2.22. The molecule has 0 bridgehead atoms. The molecule has 0 atom stereocenters. The van der Waals surface area contributed by atoms with Crippen molar-refractivity contribution in [3.63, 3.8) is 0 Å². The highest BCUT2D eigenvalue weighted by atomic mass is 16.5. The normalized spacial score (nSPS) is 15.1. The Bertz CT molecular complexity index is 7830. The molecule has 0 radical (unpaired) electrons. The number of hydrogen-bond donors (Lipinski definition) is 12. The van der Waals surface area contributed by atoms with Gasteiger partial charge in [0, 0.05) is 180 Å². The van der Waals surface area contributed by atoms with Gasteiger partial charge in [-0.2, -0.15) is 0 Å². The lowest BCUT2D eigenvalue weighted by molar-refractivity contribution is 0.0378. The molecule has 3 saturated heterocycles. The number of nitrogens with one attached hydrogen (secondary N) is 12. The van der Waals surface area contributed by atoms with Crippen molar-refractivity contribution in [1.29, 1.82) is 0 Å². The summed E-state index contributed by atoms with van der Waals surface area (Å²) in [6, 6.07) is 34.2. The fraction of sp³-hybridized carbons (Fsp3) is 0.376. The van der Waals surface area contributed by atoms with E-state index < -0.39 is 22.8 Å². The number of morpholine rings is 2. The van der Waals surface area contributed by atoms with Crippen LogP contribution in [0.3, 0.4) is 0 Å². The SMILES string of the molecule is CN1CCN=C1c1ccc2c(=O)n(C)c(=O)[nH]c2c1.Cn1c(=O)[nH]c2c3c(ccc2c1=O)NCC3.Cn1c(=O)[nH]c2cc(C3=NCCO3)ccc2c1=O.Cn1c(=O)[nH]c2cc(NCCCN3CCOCC3)ccc2c1=O.Cn1c(=O)[nH]c2cc(NCCN3CCCC3)ccc2c1=O.Cn1c(=O)[nH]c2cc(NCCN3CCOCC3)ccc2c1=O.Cn1c(=O)[nH]c2cc3c(cc2c1=O)CCN3. The van der Waals surface area contributed by atoms with Crippen LogP contribution in [-0.4, -0.2) is 250 Å². The van der Waals surface area contributed by atoms with Crippen LogP contribution >= 0.6 is 0 Å². The van der Waals surface area contributed by atoms with Crippen LogP contribution in [0.1, 0.15) is 41.5 Å². The van der Waals surface area contributed by atoms with Gasteiger partial charge in [-0.05, 0) is 166 Å². The molecule has 135 heavy (non-hydrogen) atoms. The molecule has 7 aliphatic heterocycles. The van der Waals surface area contributed by atoms with E-state index in [2.05, 4.69) is 91.1 Å². The van der Waals surface area contributed by atoms with Crippen molar-refractivity contribution < 1.29 is 14.2 Å². The Morgan fingerprint density at radius 1 is 0.333 bits per heavy atom. The first-order chi connectivity index (χ1) is 65.0. The van der Waals surface area contributed by atoms with Crippen molar-refractivity contribution in [3.05, 3.63) is 283 Å². The van der Waals surface area contributed by atoms with Gasteiger partial charge < -0.3 is 85.5 Å². The molecule has 7 aliphatic rings. The number of ether oxygens (including phenoxy) is 3. The number of aromatic nitrogens is 14. The Morgan fingerprint density at radius 3 is 1.16 bits per heavy atom. The summed E-state index contributed by atoms with van der Waals surface area (Å²) < 4.78 is 23.5. The van der Waals surface area contributed by atoms with E-state index in [-0.39, 0.29) is 56.0 Å². The zero-order valence-electron chi connectivity index (χ0n) is 76.3. The predicted molar refractivity (Wildman–Crippen MR) is 525 cm³/mol. The molecule has 7 aromatic heterocycles. The number of benzene rings is 7. The molecular formula is C93H109N25O17. The summed E-state index contributed by atoms with van der Waals surface area (Å²) in [5, 5.41) is 20.1. The lowest BCUT2D eigenvalue weighted by Crippen LogP contribution is -2.39. The number of nitrogens with zero attached hydrogens (tertiary/aromatic N) is 13. The molecule has 21 rings (SSSR count). The van der Waals surface area contributed by atoms with Gasteiger partial charge in [0.25, 0.3) is 38.9 Å². The van der Waals surface area contributed by atoms with Gasteiger partial charge in [-0.25, -0.2) is 38.6 Å². The Hall–Kier alpha value is -15.1. The van der Waals surface area contributed by atoms with Crippen LogP contribution in [0.5, 0.6) is 0 Å². The number of rotatable bonds is 15. The van der Waals surface area contributed by atoms with Crippen LogP contribution in [-0.2, 0) is 76.4 Å². The van der Waals surface area contributed by atoms with Gasteiger partial charge in [0.2, 0.25) is 5.90 Å². The minimum Gasteiger partial charge on any atom is -0.476 e. The molecule has 42 nitrogen and oxygen atoms in total. The Labute approximate surface area is 766 Å². The van der Waals surface area contributed by atoms with Crippen molar-refractivity contribution in [2.45, 2.75) is 32.1 Å². The van der Waals surface area contributed by atoms with Crippen LogP contribution in [0.4, 0.5) is 28.4 Å². The second-order valence-corrected chi connectivity index (χ2v) is 33.5. The number of fused-ring (bicyclic) bond motifs is 10. The molecule has 3 fully saturated rings. The third kappa shape index (κ3) is 21.6. The summed E-state index contributed by atoms with van der Waals surface area (Å²) in [5.74, 6) is 1.45. The summed E-state index contributed by atoms with van der Waals surface area (Å²) in [6.07, 6.45) is 5.38. The molecule has 42 heteroatoms. The zero-order chi connectivity index (χ0) is 95.4. The van der Waals surface area contributed by atoms with Gasteiger partial charge in [-0.3, -0.25) is 80.3 Å². The molecule has 0 saturated carbocycles. The van der Waals surface area contributed by atoms with Gasteiger partial charge in [0.05, 0.1) is 116 Å². The summed E-state index contributed by atoms with van der Waals surface area (Å²) in [4.78, 5) is 201. The average molecular weight is 1850 g/mol. The molecule has 12 N–H and O–H groups in total. The Balaban J connectivity index is 0.000000120. The summed E-state index contributed by atoms with van der Waals surface area (Å²) in [7, 11) is 12.2. The lowest BCUT2D eigenvalue weighted by Gasteiger charge is -2.26. The third-order valence-corrected chi connectivity index (χ3v) is 24.7. The van der Waals surface area contributed by atoms with Crippen LogP contribution in [0, 0.1) is 0 Å². The highest BCUT2D eigenvalue weighted by Crippen LogP contribution is 2.28. The topological polar surface area (TPSA) is 510 Å². The largest absolute Gasteiger partial charge is 0.476 e. The number of likely N-dealkylation sites (N-methyl/N-ethyl adjacent to an activating group) is 1. The number of hydrogen-bond acceptors (Lipinski definition) is 28. The molecule has 14 heterocycles. The average Bonchev–Trinajstić information content (AvgIpc) is 1.69. The van der Waals surface area contributed by atoms with Crippen LogP contribution in [0.15, 0.2) is 192 Å². The second kappa shape index (κ2) is 42.2. The van der Waals surface area contributed by atoms with E-state index in [9.17, 15) is 67.1 Å². The number of amidine groups is 1. The quantitative estimate of drug-likeness (QED) is 0.0645. The van der Waals surface area contributed by atoms with Crippen molar-refractivity contribution in [2.24, 2.45) is 59.3 Å². The van der Waals surface area contributed by atoms with E-state index in [4.69, 9.17) is 14.2 Å². The maximum absolute atomic E-state index is 12.0. The summed E-state index contributed by atoms with van der Waals surface area (Å²) in [6.45, 7) is 19.6. The minimum absolute atomic E-state index is 0.242. The van der Waals surface area contributed by atoms with Gasteiger partial charge in [-0.1, -0.05) is 6.07 Å². The van der Waals surface area contributed by atoms with Crippen molar-refractivity contribution in [2.75, 3.05) is 178 Å². The van der Waals surface area contributed by atoms with Gasteiger partial charge in [-0.15, -0.1) is 0 Å². The second-order valence-electron chi connectivity index (χ2n) is 33.5. The summed E-state index contributed by atoms with van der Waals surface area (Å²) in [5.41, 5.74) is 7.96. The first kappa shape index (κ1) is 94.5. The van der Waals surface area contributed by atoms with E-state index in [0.29, 0.717) is 95.4 Å². The first-order valence-electron chi connectivity index (χ1n) is 44.7. The minimum atomic E-state index is -0.432.